The molecular formula is C53H64N2O4. The molecule has 0 saturated heterocycles. The van der Waals surface area contributed by atoms with Crippen molar-refractivity contribution < 1.29 is 20.1 Å². The first-order chi connectivity index (χ1) is 27.4. The SMILES string of the molecule is Cn1c(COc2c3cc(C(C)(C)C)cc2Cc2cc(C(C)(C)C)cc(c2O)Cc2cc(C(C)(C)C)cc(c2O)Cc2cc(C(C)(C)C)cc(c2O)C3)nc2ccccc21. The Hall–Kier alpha value is -5.23. The summed E-state index contributed by atoms with van der Waals surface area (Å²) in [6, 6.07) is 25.3. The molecule has 1 heterocycles. The number of aryl methyl sites for hydroxylation is 1. The van der Waals surface area contributed by atoms with E-state index < -0.39 is 0 Å². The molecule has 0 atom stereocenters. The second kappa shape index (κ2) is 14.8. The van der Waals surface area contributed by atoms with E-state index in [9.17, 15) is 15.3 Å². The minimum atomic E-state index is -0.207. The third kappa shape index (κ3) is 8.46. The first-order valence-corrected chi connectivity index (χ1v) is 21.1. The van der Waals surface area contributed by atoms with Crippen molar-refractivity contribution in [2.24, 2.45) is 7.05 Å². The zero-order chi connectivity index (χ0) is 43.0. The number of phenols is 3. The van der Waals surface area contributed by atoms with Crippen molar-refractivity contribution in [3.63, 3.8) is 0 Å². The maximum absolute atomic E-state index is 12.4. The van der Waals surface area contributed by atoms with Gasteiger partial charge in [0.2, 0.25) is 0 Å². The van der Waals surface area contributed by atoms with Crippen LogP contribution in [0.3, 0.4) is 0 Å². The highest BCUT2D eigenvalue weighted by Gasteiger charge is 2.28. The average molecular weight is 793 g/mol. The molecule has 0 aliphatic heterocycles. The lowest BCUT2D eigenvalue weighted by atomic mass is 9.79. The topological polar surface area (TPSA) is 87.7 Å². The van der Waals surface area contributed by atoms with Gasteiger partial charge in [0.1, 0.15) is 35.4 Å². The van der Waals surface area contributed by atoms with Gasteiger partial charge in [0, 0.05) is 32.7 Å². The fourth-order valence-corrected chi connectivity index (χ4v) is 8.31. The summed E-state index contributed by atoms with van der Waals surface area (Å²) in [6.45, 7) is 26.6. The number of hydrogen-bond acceptors (Lipinski definition) is 5. The number of para-hydroxylation sites is 2. The van der Waals surface area contributed by atoms with Crippen molar-refractivity contribution in [1.29, 1.82) is 0 Å². The molecular weight excluding hydrogens is 729 g/mol. The lowest BCUT2D eigenvalue weighted by molar-refractivity contribution is 0.287. The van der Waals surface area contributed by atoms with Crippen LogP contribution < -0.4 is 4.74 Å². The molecule has 1 aromatic heterocycles. The maximum Gasteiger partial charge on any atom is 0.147 e. The number of ether oxygens (including phenoxy) is 1. The molecule has 0 radical (unpaired) electrons. The number of fused-ring (bicyclic) bond motifs is 9. The van der Waals surface area contributed by atoms with Gasteiger partial charge in [-0.2, -0.15) is 0 Å². The number of benzene rings is 5. The first-order valence-electron chi connectivity index (χ1n) is 21.1. The molecule has 310 valence electrons. The van der Waals surface area contributed by atoms with Gasteiger partial charge in [0.25, 0.3) is 0 Å². The largest absolute Gasteiger partial charge is 0.507 e. The second-order valence-electron chi connectivity index (χ2n) is 21.1. The van der Waals surface area contributed by atoms with Gasteiger partial charge in [0.05, 0.1) is 11.0 Å². The summed E-state index contributed by atoms with van der Waals surface area (Å²) < 4.78 is 9.10. The molecule has 8 bridgehead atoms. The summed E-state index contributed by atoms with van der Waals surface area (Å²) >= 11 is 0. The molecule has 0 spiro atoms. The lowest BCUT2D eigenvalue weighted by Crippen LogP contribution is -2.16. The van der Waals surface area contributed by atoms with Crippen molar-refractivity contribution in [1.82, 2.24) is 9.55 Å². The van der Waals surface area contributed by atoms with Crippen molar-refractivity contribution in [2.75, 3.05) is 0 Å². The molecule has 7 rings (SSSR count). The number of aromatic nitrogens is 2. The number of rotatable bonds is 3. The first kappa shape index (κ1) is 41.9. The molecule has 59 heavy (non-hydrogen) atoms. The predicted octanol–water partition coefficient (Wildman–Crippen LogP) is 12.1. The van der Waals surface area contributed by atoms with Gasteiger partial charge in [-0.25, -0.2) is 4.98 Å². The third-order valence-electron chi connectivity index (χ3n) is 12.3. The third-order valence-corrected chi connectivity index (χ3v) is 12.3. The fraction of sp³-hybridized carbons (Fsp3) is 0.415. The Bertz CT molecular complexity index is 2460. The lowest BCUT2D eigenvalue weighted by Gasteiger charge is -2.27. The molecule has 1 aliphatic rings. The highest BCUT2D eigenvalue weighted by molar-refractivity contribution is 5.75. The number of aromatic hydroxyl groups is 3. The monoisotopic (exact) mass is 792 g/mol. The molecule has 0 saturated carbocycles. The molecule has 1 aliphatic carbocycles. The van der Waals surface area contributed by atoms with Crippen LogP contribution in [0.25, 0.3) is 11.0 Å². The van der Waals surface area contributed by atoms with Gasteiger partial charge in [0.15, 0.2) is 0 Å². The zero-order valence-corrected chi connectivity index (χ0v) is 37.6. The highest BCUT2D eigenvalue weighted by Crippen LogP contribution is 2.43. The highest BCUT2D eigenvalue weighted by atomic mass is 16.5. The van der Waals surface area contributed by atoms with E-state index in [1.165, 1.54) is 0 Å². The van der Waals surface area contributed by atoms with E-state index in [0.717, 1.165) is 89.4 Å². The Kier molecular flexibility index (Phi) is 10.5. The Morgan fingerprint density at radius 1 is 0.492 bits per heavy atom. The van der Waals surface area contributed by atoms with Crippen molar-refractivity contribution in [2.45, 2.75) is 137 Å². The summed E-state index contributed by atoms with van der Waals surface area (Å²) in [5.41, 5.74) is 12.1. The number of hydrogen-bond donors (Lipinski definition) is 3. The average Bonchev–Trinajstić information content (AvgIpc) is 3.45. The zero-order valence-electron chi connectivity index (χ0n) is 37.6. The van der Waals surface area contributed by atoms with Crippen molar-refractivity contribution >= 4 is 11.0 Å². The van der Waals surface area contributed by atoms with E-state index in [-0.39, 0.29) is 45.5 Å². The van der Waals surface area contributed by atoms with E-state index in [4.69, 9.17) is 9.72 Å². The second-order valence-corrected chi connectivity index (χ2v) is 21.1. The van der Waals surface area contributed by atoms with Gasteiger partial charge in [-0.1, -0.05) is 144 Å². The van der Waals surface area contributed by atoms with E-state index in [1.807, 2.05) is 25.2 Å². The van der Waals surface area contributed by atoms with Crippen LogP contribution in [0, 0.1) is 0 Å². The molecule has 6 nitrogen and oxygen atoms in total. The van der Waals surface area contributed by atoms with E-state index >= 15 is 0 Å². The van der Waals surface area contributed by atoms with E-state index in [1.54, 1.807) is 0 Å². The van der Waals surface area contributed by atoms with Crippen LogP contribution in [-0.2, 0) is 61.0 Å². The molecule has 0 amide bonds. The summed E-state index contributed by atoms with van der Waals surface area (Å²) in [5, 5.41) is 36.8. The predicted molar refractivity (Wildman–Crippen MR) is 242 cm³/mol. The van der Waals surface area contributed by atoms with Crippen LogP contribution in [-0.4, -0.2) is 24.9 Å². The summed E-state index contributed by atoms with van der Waals surface area (Å²) in [7, 11) is 2.02. The Morgan fingerprint density at radius 2 is 0.797 bits per heavy atom. The Morgan fingerprint density at radius 3 is 1.12 bits per heavy atom. The van der Waals surface area contributed by atoms with E-state index in [2.05, 4.69) is 142 Å². The van der Waals surface area contributed by atoms with Crippen LogP contribution in [0.1, 0.15) is 156 Å². The Labute approximate surface area is 351 Å². The molecule has 0 fully saturated rings. The van der Waals surface area contributed by atoms with Gasteiger partial charge < -0.3 is 24.6 Å². The quantitative estimate of drug-likeness (QED) is 0.166. The molecule has 0 unspecified atom stereocenters. The van der Waals surface area contributed by atoms with E-state index in [0.29, 0.717) is 25.7 Å². The fourth-order valence-electron chi connectivity index (χ4n) is 8.31. The van der Waals surface area contributed by atoms with Crippen LogP contribution in [0.4, 0.5) is 0 Å². The molecule has 6 heteroatoms. The van der Waals surface area contributed by atoms with Crippen LogP contribution in [0.2, 0.25) is 0 Å². The van der Waals surface area contributed by atoms with Gasteiger partial charge in [-0.05, 0) is 101 Å². The van der Waals surface area contributed by atoms with Crippen LogP contribution >= 0.6 is 0 Å². The van der Waals surface area contributed by atoms with Gasteiger partial charge in [-0.3, -0.25) is 0 Å². The number of imidazole rings is 1. The summed E-state index contributed by atoms with van der Waals surface area (Å²) in [5.74, 6) is 2.20. The minimum absolute atomic E-state index is 0.201. The molecule has 6 aromatic rings. The van der Waals surface area contributed by atoms with Crippen LogP contribution in [0.5, 0.6) is 23.0 Å². The van der Waals surface area contributed by atoms with Gasteiger partial charge in [-0.15, -0.1) is 0 Å². The minimum Gasteiger partial charge on any atom is -0.507 e. The standard InChI is InChI=1S/C53H64N2O4/c1-50(2,3)39-22-31-18-33-24-40(51(4,5)6)26-35(47(33)57)20-37-28-42(53(10,11)12)29-38(49(37)59-30-45-54-43-16-14-15-17-44(43)55(45)13)21-36-27-41(52(7,8)9)25-34(48(36)58)19-32(23-39)46(31)56/h14-17,22-29,56-58H,18-21,30H2,1-13H3. The number of nitrogens with zero attached hydrogens (tertiary/aromatic N) is 2. The smallest absolute Gasteiger partial charge is 0.147 e. The maximum atomic E-state index is 12.4. The van der Waals surface area contributed by atoms with Gasteiger partial charge >= 0.3 is 0 Å². The number of phenolic OH excluding ortho intramolecular Hbond substituents is 3. The summed E-state index contributed by atoms with van der Waals surface area (Å²) in [4.78, 5) is 4.96. The van der Waals surface area contributed by atoms with Crippen molar-refractivity contribution in [3.05, 3.63) is 145 Å². The normalized spacial score (nSPS) is 13.8. The Balaban J connectivity index is 1.53. The van der Waals surface area contributed by atoms with Crippen molar-refractivity contribution in [3.8, 4) is 23.0 Å². The molecule has 5 aromatic carbocycles. The molecule has 3 N–H and O–H groups in total. The van der Waals surface area contributed by atoms with Crippen LogP contribution in [0.15, 0.2) is 72.8 Å². The summed E-state index contributed by atoms with van der Waals surface area (Å²) in [6.07, 6.45) is 1.51.